The molecular weight excluding hydrogens is 818 g/mol. The van der Waals surface area contributed by atoms with Crippen molar-refractivity contribution in [3.8, 4) is 0 Å². The summed E-state index contributed by atoms with van der Waals surface area (Å²) in [6, 6.07) is 0. The maximum Gasteiger partial charge on any atom is 0 e. The number of rotatable bonds is 0. The zero-order chi connectivity index (χ0) is 0. The Balaban J connectivity index is 0. The third-order valence-corrected chi connectivity index (χ3v) is 0. The van der Waals surface area contributed by atoms with Crippen molar-refractivity contribution in [1.29, 1.82) is 0 Å². The van der Waals surface area contributed by atoms with Gasteiger partial charge in [0.25, 0.3) is 0 Å². The molecule has 0 spiro atoms. The van der Waals surface area contributed by atoms with E-state index in [1.54, 1.807) is 0 Å². The molecule has 0 heterocycles. The molecule has 0 aliphatic carbocycles. The first-order valence-electron chi connectivity index (χ1n) is 0. The molecule has 0 aliphatic heterocycles. The van der Waals surface area contributed by atoms with Crippen LogP contribution < -0.4 is 0 Å². The van der Waals surface area contributed by atoms with E-state index in [2.05, 4.69) is 0 Å². The van der Waals surface area contributed by atoms with Crippen LogP contribution in [0.15, 0.2) is 0 Å². The minimum absolute atomic E-state index is 0. The number of hydrogen-bond acceptors (Lipinski definition) is 0. The Labute approximate surface area is 225 Å². The Morgan fingerprint density at radius 1 is 0.417 bits per heavy atom. The molecule has 0 atom stereocenters. The van der Waals surface area contributed by atoms with Gasteiger partial charge in [-0.1, -0.05) is 0 Å². The summed E-state index contributed by atoms with van der Waals surface area (Å²) in [5, 5.41) is 0. The molecule has 0 bridgehead atoms. The Kier molecular flexibility index (Phi) is 1070. The SMILES string of the molecule is O.O.[Ag].[SnH2].[SnH2].[SnH2].[Ti].[Ti].[Ti].[Ti].[Zn].[Zn]. The van der Waals surface area contributed by atoms with E-state index < -0.39 is 0 Å². The molecule has 0 saturated carbocycles. The summed E-state index contributed by atoms with van der Waals surface area (Å²) < 4.78 is 0. The van der Waals surface area contributed by atoms with Crippen LogP contribution in [-0.2, 0) is 148 Å². The van der Waals surface area contributed by atoms with Gasteiger partial charge in [-0.05, 0) is 0 Å². The Bertz CT molecular complexity index is 26.3. The van der Waals surface area contributed by atoms with E-state index in [-0.39, 0.29) is 231 Å². The molecule has 12 heteroatoms. The van der Waals surface area contributed by atoms with Crippen LogP contribution in [0.3, 0.4) is 0 Å². The fraction of sp³-hybridized carbons (Fsp3) is 0. The van der Waals surface area contributed by atoms with Crippen molar-refractivity contribution in [3.63, 3.8) is 0 Å². The smallest absolute Gasteiger partial charge is 0 e. The van der Waals surface area contributed by atoms with Crippen molar-refractivity contribution in [2.75, 3.05) is 0 Å². The maximum absolute atomic E-state index is 0. The molecule has 0 rings (SSSR count). The van der Waals surface area contributed by atoms with Gasteiger partial charge in [0.2, 0.25) is 0 Å². The molecule has 0 aromatic carbocycles. The molecular formula is H10AgO2Sn3Ti4Zn2. The fourth-order valence-electron chi connectivity index (χ4n) is 0. The summed E-state index contributed by atoms with van der Waals surface area (Å²) in [5.41, 5.74) is 0. The molecule has 2 nitrogen and oxygen atoms in total. The molecule has 0 aliphatic rings. The van der Waals surface area contributed by atoms with E-state index in [0.717, 1.165) is 0 Å². The van der Waals surface area contributed by atoms with Crippen LogP contribution in [0.1, 0.15) is 0 Å². The monoisotopic (exact) mass is 828 g/mol. The Morgan fingerprint density at radius 3 is 0.417 bits per heavy atom. The van der Waals surface area contributed by atoms with E-state index in [9.17, 15) is 0 Å². The van der Waals surface area contributed by atoms with Gasteiger partial charge < -0.3 is 11.0 Å². The van der Waals surface area contributed by atoms with Gasteiger partial charge in [0.05, 0.1) is 0 Å². The fourth-order valence-corrected chi connectivity index (χ4v) is 0. The van der Waals surface area contributed by atoms with Crippen LogP contribution in [0.4, 0.5) is 0 Å². The van der Waals surface area contributed by atoms with Crippen molar-refractivity contribution in [1.82, 2.24) is 0 Å². The second-order valence-corrected chi connectivity index (χ2v) is 0. The van der Waals surface area contributed by atoms with Gasteiger partial charge in [-0.25, -0.2) is 0 Å². The van der Waals surface area contributed by atoms with Crippen molar-refractivity contribution < 1.29 is 159 Å². The Morgan fingerprint density at radius 2 is 0.417 bits per heavy atom. The van der Waals surface area contributed by atoms with Gasteiger partial charge in [0, 0.05) is 148 Å². The van der Waals surface area contributed by atoms with E-state index in [4.69, 9.17) is 0 Å². The topological polar surface area (TPSA) is 63.0 Å². The van der Waals surface area contributed by atoms with E-state index >= 15 is 0 Å². The van der Waals surface area contributed by atoms with Crippen molar-refractivity contribution in [3.05, 3.63) is 0 Å². The van der Waals surface area contributed by atoms with Crippen LogP contribution in [-0.4, -0.2) is 82.7 Å². The van der Waals surface area contributed by atoms with E-state index in [0.29, 0.717) is 0 Å². The summed E-state index contributed by atoms with van der Waals surface area (Å²) in [6.07, 6.45) is 0. The molecule has 0 fully saturated rings. The first kappa shape index (κ1) is 123. The molecule has 0 saturated heterocycles. The maximum atomic E-state index is 0. The minimum atomic E-state index is 0. The summed E-state index contributed by atoms with van der Waals surface area (Å²) in [4.78, 5) is 0. The van der Waals surface area contributed by atoms with Gasteiger partial charge in [-0.2, -0.15) is 0 Å². The predicted octanol–water partition coefficient (Wildman–Crippen LogP) is -4.42. The first-order valence-corrected chi connectivity index (χ1v) is 0. The van der Waals surface area contributed by atoms with Crippen molar-refractivity contribution in [2.45, 2.75) is 0 Å². The van der Waals surface area contributed by atoms with Crippen molar-refractivity contribution in [2.24, 2.45) is 0 Å². The third-order valence-electron chi connectivity index (χ3n) is 0. The summed E-state index contributed by atoms with van der Waals surface area (Å²) in [7, 11) is 0. The molecule has 7 radical (unpaired) electrons. The van der Waals surface area contributed by atoms with Gasteiger partial charge in [-0.3, -0.25) is 0 Å². The predicted molar refractivity (Wildman–Crippen MR) is 32.9 cm³/mol. The summed E-state index contributed by atoms with van der Waals surface area (Å²) in [6.45, 7) is 0. The van der Waals surface area contributed by atoms with Crippen LogP contribution >= 0.6 is 0 Å². The van der Waals surface area contributed by atoms with Crippen LogP contribution in [0.25, 0.3) is 0 Å². The van der Waals surface area contributed by atoms with Gasteiger partial charge >= 0.3 is 71.7 Å². The van der Waals surface area contributed by atoms with Gasteiger partial charge in [0.1, 0.15) is 0 Å². The summed E-state index contributed by atoms with van der Waals surface area (Å²) >= 11 is 0. The van der Waals surface area contributed by atoms with Crippen LogP contribution in [0, 0.1) is 0 Å². The average molecular weight is 828 g/mol. The third kappa shape index (κ3) is 87.4. The molecule has 0 unspecified atom stereocenters. The van der Waals surface area contributed by atoms with Gasteiger partial charge in [-0.15, -0.1) is 0 Å². The van der Waals surface area contributed by atoms with E-state index in [1.807, 2.05) is 0 Å². The average Bonchev–Trinajstić information content (AvgIpc) is 0. The second-order valence-electron chi connectivity index (χ2n) is 0. The van der Waals surface area contributed by atoms with Crippen LogP contribution in [0.2, 0.25) is 0 Å². The quantitative estimate of drug-likeness (QED) is 0.222. The molecule has 0 amide bonds. The molecule has 4 N–H and O–H groups in total. The second kappa shape index (κ2) is 104. The van der Waals surface area contributed by atoms with Crippen molar-refractivity contribution >= 4 is 71.7 Å². The zero-order valence-electron chi connectivity index (χ0n) is 6.84. The Hall–Kier alpha value is 7.16. The minimum Gasteiger partial charge on any atom is 0 e. The molecule has 0 aromatic rings. The van der Waals surface area contributed by atoms with E-state index in [1.165, 1.54) is 0 Å². The first-order chi connectivity index (χ1) is 0. The molecule has 12 heavy (non-hydrogen) atoms. The standard InChI is InChI=1S/Ag.2H2O.3Sn.4Ti.2Zn.6H/h;2*1H2;;;;;;;;;;;;;;;. The van der Waals surface area contributed by atoms with Gasteiger partial charge in [0.15, 0.2) is 0 Å². The number of hydrogen-bond donors (Lipinski definition) is 0. The van der Waals surface area contributed by atoms with Crippen LogP contribution in [0.5, 0.6) is 0 Å². The zero-order valence-corrected chi connectivity index (χ0v) is 32.6. The normalized spacial score (nSPS) is 0. The molecule has 65 valence electrons. The molecule has 0 aromatic heterocycles. The summed E-state index contributed by atoms with van der Waals surface area (Å²) in [5.74, 6) is 0. The largest absolute Gasteiger partial charge is 0 e.